The molecule has 0 radical (unpaired) electrons. The van der Waals surface area contributed by atoms with Crippen molar-refractivity contribution in [3.63, 3.8) is 0 Å². The van der Waals surface area contributed by atoms with Gasteiger partial charge in [-0.25, -0.2) is 0 Å². The summed E-state index contributed by atoms with van der Waals surface area (Å²) in [7, 11) is 0. The van der Waals surface area contributed by atoms with Gasteiger partial charge in [0.15, 0.2) is 5.82 Å². The van der Waals surface area contributed by atoms with E-state index in [2.05, 4.69) is 53.5 Å². The molecule has 1 aromatic heterocycles. The first-order valence-corrected chi connectivity index (χ1v) is 6.01. The first-order valence-electron chi connectivity index (χ1n) is 6.01. The molecule has 0 saturated carbocycles. The molecule has 5 heteroatoms. The summed E-state index contributed by atoms with van der Waals surface area (Å²) >= 11 is 0. The van der Waals surface area contributed by atoms with Crippen molar-refractivity contribution in [3.05, 3.63) is 35.7 Å². The van der Waals surface area contributed by atoms with Crippen LogP contribution in [0.3, 0.4) is 0 Å². The lowest BCUT2D eigenvalue weighted by molar-refractivity contribution is 0.318. The van der Waals surface area contributed by atoms with Crippen LogP contribution in [0, 0.1) is 0 Å². The molecule has 1 heterocycles. The summed E-state index contributed by atoms with van der Waals surface area (Å²) in [6.45, 7) is 7.13. The van der Waals surface area contributed by atoms with Gasteiger partial charge < -0.3 is 4.74 Å². The molecule has 18 heavy (non-hydrogen) atoms. The molecular weight excluding hydrogens is 228 g/mol. The number of hydrogen-bond acceptors (Lipinski definition) is 4. The van der Waals surface area contributed by atoms with Crippen molar-refractivity contribution in [2.75, 3.05) is 6.61 Å². The lowest BCUT2D eigenvalue weighted by Crippen LogP contribution is -2.10. The molecule has 0 bridgehead atoms. The smallest absolute Gasteiger partial charge is 0.177 e. The summed E-state index contributed by atoms with van der Waals surface area (Å²) in [5.41, 5.74) is 1.47. The highest BCUT2D eigenvalue weighted by molar-refractivity contribution is 5.31. The fourth-order valence-corrected chi connectivity index (χ4v) is 1.60. The molecular formula is C13H18N4O. The molecule has 0 aliphatic heterocycles. The van der Waals surface area contributed by atoms with Gasteiger partial charge in [-0.2, -0.15) is 5.21 Å². The highest BCUT2D eigenvalue weighted by Gasteiger charge is 2.12. The van der Waals surface area contributed by atoms with E-state index in [4.69, 9.17) is 4.74 Å². The average Bonchev–Trinajstić information content (AvgIpc) is 2.82. The Morgan fingerprint density at radius 3 is 2.44 bits per heavy atom. The van der Waals surface area contributed by atoms with Crippen LogP contribution in [0.1, 0.15) is 32.2 Å². The van der Waals surface area contributed by atoms with Crippen molar-refractivity contribution in [2.45, 2.75) is 32.6 Å². The van der Waals surface area contributed by atoms with Crippen LogP contribution in [-0.4, -0.2) is 27.2 Å². The maximum Gasteiger partial charge on any atom is 0.177 e. The van der Waals surface area contributed by atoms with Gasteiger partial charge >= 0.3 is 0 Å². The number of H-pyrrole nitrogens is 1. The van der Waals surface area contributed by atoms with E-state index in [1.807, 2.05) is 12.1 Å². The number of ether oxygens (including phenoxy) is 1. The Morgan fingerprint density at radius 1 is 1.17 bits per heavy atom. The van der Waals surface area contributed by atoms with E-state index in [1.54, 1.807) is 0 Å². The van der Waals surface area contributed by atoms with Crippen LogP contribution in [0.15, 0.2) is 24.3 Å². The van der Waals surface area contributed by atoms with Gasteiger partial charge in [0, 0.05) is 6.42 Å². The van der Waals surface area contributed by atoms with Crippen LogP contribution in [0.25, 0.3) is 0 Å². The van der Waals surface area contributed by atoms with Crippen LogP contribution >= 0.6 is 0 Å². The van der Waals surface area contributed by atoms with Crippen molar-refractivity contribution in [1.29, 1.82) is 0 Å². The lowest BCUT2D eigenvalue weighted by atomic mass is 9.87. The normalized spacial score (nSPS) is 11.5. The number of nitrogens with one attached hydrogen (secondary N) is 1. The van der Waals surface area contributed by atoms with Crippen molar-refractivity contribution in [2.24, 2.45) is 0 Å². The number of benzene rings is 1. The van der Waals surface area contributed by atoms with Crippen LogP contribution < -0.4 is 4.74 Å². The fraction of sp³-hybridized carbons (Fsp3) is 0.462. The van der Waals surface area contributed by atoms with Crippen LogP contribution in [0.2, 0.25) is 0 Å². The summed E-state index contributed by atoms with van der Waals surface area (Å²) in [6, 6.07) is 8.20. The Morgan fingerprint density at radius 2 is 1.89 bits per heavy atom. The van der Waals surface area contributed by atoms with E-state index in [9.17, 15) is 0 Å². The maximum absolute atomic E-state index is 5.63. The molecule has 0 spiro atoms. The van der Waals surface area contributed by atoms with Crippen LogP contribution in [0.4, 0.5) is 0 Å². The topological polar surface area (TPSA) is 63.7 Å². The SMILES string of the molecule is CC(C)(C)c1ccc(OCCc2nn[nH]n2)cc1. The Hall–Kier alpha value is -1.91. The van der Waals surface area contributed by atoms with E-state index in [0.717, 1.165) is 5.75 Å². The molecule has 0 fully saturated rings. The molecule has 2 aromatic rings. The molecule has 0 atom stereocenters. The average molecular weight is 246 g/mol. The predicted molar refractivity (Wildman–Crippen MR) is 68.5 cm³/mol. The largest absolute Gasteiger partial charge is 0.493 e. The van der Waals surface area contributed by atoms with Gasteiger partial charge in [0.2, 0.25) is 0 Å². The Kier molecular flexibility index (Phi) is 3.60. The Bertz CT molecular complexity index is 471. The number of rotatable bonds is 4. The second-order valence-electron chi connectivity index (χ2n) is 5.20. The van der Waals surface area contributed by atoms with Gasteiger partial charge in [-0.3, -0.25) is 0 Å². The molecule has 0 saturated heterocycles. The Labute approximate surface area is 107 Å². The maximum atomic E-state index is 5.63. The third-order valence-electron chi connectivity index (χ3n) is 2.70. The van der Waals surface area contributed by atoms with Crippen molar-refractivity contribution >= 4 is 0 Å². The van der Waals surface area contributed by atoms with Gasteiger partial charge in [-0.1, -0.05) is 38.1 Å². The van der Waals surface area contributed by atoms with Crippen molar-refractivity contribution in [3.8, 4) is 5.75 Å². The van der Waals surface area contributed by atoms with Gasteiger partial charge in [0.25, 0.3) is 0 Å². The standard InChI is InChI=1S/C13H18N4O/c1-13(2,3)10-4-6-11(7-5-10)18-9-8-12-14-16-17-15-12/h4-7H,8-9H2,1-3H3,(H,14,15,16,17). The molecule has 0 amide bonds. The molecule has 96 valence electrons. The first-order chi connectivity index (χ1) is 8.55. The second-order valence-corrected chi connectivity index (χ2v) is 5.20. The minimum Gasteiger partial charge on any atom is -0.493 e. The highest BCUT2D eigenvalue weighted by atomic mass is 16.5. The van der Waals surface area contributed by atoms with Gasteiger partial charge in [-0.05, 0) is 23.1 Å². The number of hydrogen-bond donors (Lipinski definition) is 1. The highest BCUT2D eigenvalue weighted by Crippen LogP contribution is 2.24. The zero-order valence-electron chi connectivity index (χ0n) is 11.0. The van der Waals surface area contributed by atoms with E-state index in [0.29, 0.717) is 18.9 Å². The molecule has 2 rings (SSSR count). The van der Waals surface area contributed by atoms with Crippen molar-refractivity contribution in [1.82, 2.24) is 20.6 Å². The summed E-state index contributed by atoms with van der Waals surface area (Å²) < 4.78 is 5.63. The van der Waals surface area contributed by atoms with Crippen LogP contribution in [-0.2, 0) is 11.8 Å². The zero-order chi connectivity index (χ0) is 13.0. The summed E-state index contributed by atoms with van der Waals surface area (Å²) in [5, 5.41) is 13.6. The molecule has 5 nitrogen and oxygen atoms in total. The van der Waals surface area contributed by atoms with Gasteiger partial charge in [0.1, 0.15) is 5.75 Å². The fourth-order valence-electron chi connectivity index (χ4n) is 1.60. The Balaban J connectivity index is 1.87. The molecule has 1 N–H and O–H groups in total. The quantitative estimate of drug-likeness (QED) is 0.897. The first kappa shape index (κ1) is 12.5. The number of nitrogens with zero attached hydrogens (tertiary/aromatic N) is 3. The third-order valence-corrected chi connectivity index (χ3v) is 2.70. The number of tetrazole rings is 1. The molecule has 0 aliphatic rings. The minimum atomic E-state index is 0.170. The molecule has 0 unspecified atom stereocenters. The van der Waals surface area contributed by atoms with Crippen LogP contribution in [0.5, 0.6) is 5.75 Å². The molecule has 1 aromatic carbocycles. The summed E-state index contributed by atoms with van der Waals surface area (Å²) in [6.07, 6.45) is 0.650. The monoisotopic (exact) mass is 246 g/mol. The van der Waals surface area contributed by atoms with E-state index < -0.39 is 0 Å². The molecule has 0 aliphatic carbocycles. The number of aromatic nitrogens is 4. The zero-order valence-corrected chi connectivity index (χ0v) is 11.0. The van der Waals surface area contributed by atoms with E-state index >= 15 is 0 Å². The second kappa shape index (κ2) is 5.16. The van der Waals surface area contributed by atoms with Gasteiger partial charge in [-0.15, -0.1) is 10.2 Å². The lowest BCUT2D eigenvalue weighted by Gasteiger charge is -2.19. The summed E-state index contributed by atoms with van der Waals surface area (Å²) in [5.74, 6) is 1.54. The van der Waals surface area contributed by atoms with E-state index in [-0.39, 0.29) is 5.41 Å². The summed E-state index contributed by atoms with van der Waals surface area (Å²) in [4.78, 5) is 0. The predicted octanol–water partition coefficient (Wildman–Crippen LogP) is 2.12. The van der Waals surface area contributed by atoms with Crippen molar-refractivity contribution < 1.29 is 4.74 Å². The van der Waals surface area contributed by atoms with E-state index in [1.165, 1.54) is 5.56 Å². The van der Waals surface area contributed by atoms with Gasteiger partial charge in [0.05, 0.1) is 6.61 Å². The minimum absolute atomic E-state index is 0.170. The third kappa shape index (κ3) is 3.29. The number of aromatic amines is 1.